The maximum absolute atomic E-state index is 11.8. The number of carbonyl (C=O) groups is 2. The number of hydrogen-bond acceptors (Lipinski definition) is 3. The molecule has 0 saturated carbocycles. The molecule has 2 unspecified atom stereocenters. The Morgan fingerprint density at radius 3 is 2.67 bits per heavy atom. The van der Waals surface area contributed by atoms with Crippen molar-refractivity contribution in [3.63, 3.8) is 0 Å². The van der Waals surface area contributed by atoms with Crippen molar-refractivity contribution in [2.24, 2.45) is 0 Å². The van der Waals surface area contributed by atoms with Gasteiger partial charge in [0, 0.05) is 19.6 Å². The summed E-state index contributed by atoms with van der Waals surface area (Å²) in [5.74, 6) is 0.0323. The van der Waals surface area contributed by atoms with E-state index in [-0.39, 0.29) is 30.4 Å². The number of nitrogens with one attached hydrogen (secondary N) is 1. The van der Waals surface area contributed by atoms with Crippen LogP contribution >= 0.6 is 0 Å². The number of likely N-dealkylation sites (N-methyl/N-ethyl adjacent to an activating group) is 2. The first-order chi connectivity index (χ1) is 6.99. The molecule has 1 rings (SSSR count). The summed E-state index contributed by atoms with van der Waals surface area (Å²) in [5, 5.41) is 3.01. The lowest BCUT2D eigenvalue weighted by Gasteiger charge is -2.40. The molecule has 1 fully saturated rings. The van der Waals surface area contributed by atoms with Gasteiger partial charge in [0.15, 0.2) is 0 Å². The van der Waals surface area contributed by atoms with Crippen LogP contribution in [0.3, 0.4) is 0 Å². The van der Waals surface area contributed by atoms with Crippen LogP contribution in [0.2, 0.25) is 0 Å². The number of nitrogens with zero attached hydrogens (tertiary/aromatic N) is 2. The minimum absolute atomic E-state index is 0.0116. The third-order valence-electron chi connectivity index (χ3n) is 2.79. The zero-order chi connectivity index (χ0) is 11.6. The van der Waals surface area contributed by atoms with Gasteiger partial charge in [-0.25, -0.2) is 0 Å². The summed E-state index contributed by atoms with van der Waals surface area (Å²) in [5.41, 5.74) is 0. The molecule has 1 N–H and O–H groups in total. The fourth-order valence-corrected chi connectivity index (χ4v) is 2.04. The molecule has 2 amide bonds. The van der Waals surface area contributed by atoms with Gasteiger partial charge in [0.1, 0.15) is 6.04 Å². The lowest BCUT2D eigenvalue weighted by atomic mass is 10.1. The number of carbonyl (C=O) groups excluding carboxylic acids is 2. The van der Waals surface area contributed by atoms with Crippen LogP contribution in [0.15, 0.2) is 0 Å². The van der Waals surface area contributed by atoms with Gasteiger partial charge >= 0.3 is 0 Å². The van der Waals surface area contributed by atoms with E-state index in [9.17, 15) is 9.59 Å². The van der Waals surface area contributed by atoms with E-state index < -0.39 is 0 Å². The average Bonchev–Trinajstić information content (AvgIpc) is 2.15. The molecule has 0 aromatic carbocycles. The quantitative estimate of drug-likeness (QED) is 0.673. The summed E-state index contributed by atoms with van der Waals surface area (Å²) >= 11 is 0. The largest absolute Gasteiger partial charge is 0.335 e. The Morgan fingerprint density at radius 1 is 1.53 bits per heavy atom. The van der Waals surface area contributed by atoms with E-state index in [1.807, 2.05) is 14.0 Å². The summed E-state index contributed by atoms with van der Waals surface area (Å²) in [6, 6.07) is -0.297. The van der Waals surface area contributed by atoms with Gasteiger partial charge in [-0.3, -0.25) is 9.59 Å². The first-order valence-corrected chi connectivity index (χ1v) is 5.19. The van der Waals surface area contributed by atoms with Crippen molar-refractivity contribution >= 4 is 11.8 Å². The molecule has 0 bridgehead atoms. The second-order valence-corrected chi connectivity index (χ2v) is 4.08. The van der Waals surface area contributed by atoms with E-state index in [1.165, 1.54) is 4.90 Å². The highest BCUT2D eigenvalue weighted by Gasteiger charge is 2.36. The van der Waals surface area contributed by atoms with E-state index in [0.717, 1.165) is 0 Å². The monoisotopic (exact) mass is 213 g/mol. The van der Waals surface area contributed by atoms with Gasteiger partial charge in [0.25, 0.3) is 0 Å². The summed E-state index contributed by atoms with van der Waals surface area (Å²) in [7, 11) is 3.50. The maximum atomic E-state index is 11.8. The van der Waals surface area contributed by atoms with Gasteiger partial charge in [-0.05, 0) is 20.9 Å². The van der Waals surface area contributed by atoms with Crippen molar-refractivity contribution < 1.29 is 9.59 Å². The lowest BCUT2D eigenvalue weighted by Crippen LogP contribution is -2.61. The molecular weight excluding hydrogens is 194 g/mol. The molecule has 86 valence electrons. The number of amides is 2. The average molecular weight is 213 g/mol. The van der Waals surface area contributed by atoms with Crippen LogP contribution in [0.1, 0.15) is 13.8 Å². The molecule has 15 heavy (non-hydrogen) atoms. The predicted octanol–water partition coefficient (Wildman–Crippen LogP) is -0.717. The second kappa shape index (κ2) is 4.61. The molecule has 0 spiro atoms. The second-order valence-electron chi connectivity index (χ2n) is 4.08. The Labute approximate surface area is 90.4 Å². The number of piperazine rings is 1. The minimum Gasteiger partial charge on any atom is -0.335 e. The predicted molar refractivity (Wildman–Crippen MR) is 57.3 cm³/mol. The summed E-state index contributed by atoms with van der Waals surface area (Å²) in [6.45, 7) is 4.62. The first kappa shape index (κ1) is 12.0. The van der Waals surface area contributed by atoms with Crippen LogP contribution in [-0.4, -0.2) is 60.9 Å². The third kappa shape index (κ3) is 2.28. The Kier molecular flexibility index (Phi) is 3.68. The van der Waals surface area contributed by atoms with Crippen molar-refractivity contribution in [2.45, 2.75) is 25.9 Å². The lowest BCUT2D eigenvalue weighted by molar-refractivity contribution is -0.155. The van der Waals surface area contributed by atoms with Gasteiger partial charge in [-0.1, -0.05) is 0 Å². The molecular formula is C10H19N3O2. The molecule has 0 aliphatic carbocycles. The van der Waals surface area contributed by atoms with Gasteiger partial charge in [0.05, 0.1) is 6.54 Å². The van der Waals surface area contributed by atoms with Gasteiger partial charge in [-0.2, -0.15) is 0 Å². The van der Waals surface area contributed by atoms with Crippen molar-refractivity contribution in [2.75, 3.05) is 27.2 Å². The van der Waals surface area contributed by atoms with Crippen molar-refractivity contribution in [3.8, 4) is 0 Å². The summed E-state index contributed by atoms with van der Waals surface area (Å²) < 4.78 is 0. The highest BCUT2D eigenvalue weighted by Crippen LogP contribution is 2.14. The van der Waals surface area contributed by atoms with Crippen LogP contribution in [0, 0.1) is 0 Å². The Hall–Kier alpha value is -1.10. The van der Waals surface area contributed by atoms with E-state index >= 15 is 0 Å². The maximum Gasteiger partial charge on any atom is 0.245 e. The Bertz CT molecular complexity index is 267. The van der Waals surface area contributed by atoms with Crippen molar-refractivity contribution in [1.82, 2.24) is 15.1 Å². The van der Waals surface area contributed by atoms with E-state index in [0.29, 0.717) is 6.54 Å². The molecule has 0 radical (unpaired) electrons. The van der Waals surface area contributed by atoms with Crippen LogP contribution in [0.25, 0.3) is 0 Å². The molecule has 0 aromatic heterocycles. The molecule has 1 heterocycles. The molecule has 1 aliphatic rings. The topological polar surface area (TPSA) is 52.7 Å². The standard InChI is InChI=1S/C10H19N3O2/c1-7(5-11-3)13-8(2)10(15)12(4)6-9(13)14/h7-8,11H,5-6H2,1-4H3. The highest BCUT2D eigenvalue weighted by atomic mass is 16.2. The zero-order valence-corrected chi connectivity index (χ0v) is 9.78. The van der Waals surface area contributed by atoms with Crippen LogP contribution in [-0.2, 0) is 9.59 Å². The summed E-state index contributed by atoms with van der Waals surface area (Å²) in [4.78, 5) is 26.6. The molecule has 0 aromatic rings. The SMILES string of the molecule is CNCC(C)N1C(=O)CN(C)C(=O)C1C. The first-order valence-electron chi connectivity index (χ1n) is 5.19. The van der Waals surface area contributed by atoms with Crippen molar-refractivity contribution in [1.29, 1.82) is 0 Å². The van der Waals surface area contributed by atoms with E-state index in [4.69, 9.17) is 0 Å². The van der Waals surface area contributed by atoms with E-state index in [2.05, 4.69) is 5.32 Å². The normalized spacial score (nSPS) is 24.7. The van der Waals surface area contributed by atoms with Gasteiger partial charge < -0.3 is 15.1 Å². The van der Waals surface area contributed by atoms with Crippen molar-refractivity contribution in [3.05, 3.63) is 0 Å². The minimum atomic E-state index is -0.348. The highest BCUT2D eigenvalue weighted by molar-refractivity contribution is 5.94. The van der Waals surface area contributed by atoms with Gasteiger partial charge in [-0.15, -0.1) is 0 Å². The van der Waals surface area contributed by atoms with Crippen LogP contribution in [0.5, 0.6) is 0 Å². The van der Waals surface area contributed by atoms with Gasteiger partial charge in [0.2, 0.25) is 11.8 Å². The fraction of sp³-hybridized carbons (Fsp3) is 0.800. The van der Waals surface area contributed by atoms with Crippen LogP contribution < -0.4 is 5.32 Å². The molecule has 2 atom stereocenters. The van der Waals surface area contributed by atoms with Crippen LogP contribution in [0.4, 0.5) is 0 Å². The third-order valence-corrected chi connectivity index (χ3v) is 2.79. The molecule has 1 saturated heterocycles. The molecule has 1 aliphatic heterocycles. The summed E-state index contributed by atoms with van der Waals surface area (Å²) in [6.07, 6.45) is 0. The molecule has 5 heteroatoms. The fourth-order valence-electron chi connectivity index (χ4n) is 2.04. The Balaban J connectivity index is 2.78. The number of rotatable bonds is 3. The molecule has 5 nitrogen and oxygen atoms in total. The number of hydrogen-bond donors (Lipinski definition) is 1. The Morgan fingerprint density at radius 2 is 2.13 bits per heavy atom. The smallest absolute Gasteiger partial charge is 0.245 e. The zero-order valence-electron chi connectivity index (χ0n) is 9.78. The van der Waals surface area contributed by atoms with E-state index in [1.54, 1.807) is 18.9 Å².